The second-order valence-corrected chi connectivity index (χ2v) is 4.92. The number of carbonyl (C=O) groups excluding carboxylic acids is 1. The summed E-state index contributed by atoms with van der Waals surface area (Å²) in [6, 6.07) is 10.5. The Morgan fingerprint density at radius 2 is 2.00 bits per heavy atom. The van der Waals surface area contributed by atoms with Crippen LogP contribution in [-0.4, -0.2) is 31.3 Å². The fraction of sp³-hybridized carbons (Fsp3) is 0.462. The van der Waals surface area contributed by atoms with E-state index in [1.165, 1.54) is 4.90 Å². The zero-order valence-corrected chi connectivity index (χ0v) is 12.4. The van der Waals surface area contributed by atoms with Crippen LogP contribution in [0.1, 0.15) is 13.3 Å². The smallest absolute Gasteiger partial charge is 0.234 e. The molecule has 0 fully saturated rings. The maximum atomic E-state index is 11.4. The first-order valence-corrected chi connectivity index (χ1v) is 6.86. The minimum Gasteiger partial charge on any atom is -0.351 e. The lowest BCUT2D eigenvalue weighted by molar-refractivity contribution is -0.120. The average molecular weight is 289 g/mol. The number of halogens is 1. The molecule has 0 saturated heterocycles. The highest BCUT2D eigenvalue weighted by Crippen LogP contribution is 2.18. The summed E-state index contributed by atoms with van der Waals surface area (Å²) < 4.78 is 0. The summed E-state index contributed by atoms with van der Waals surface area (Å²) in [6.07, 6.45) is 0.954. The minimum atomic E-state index is 0. The van der Waals surface area contributed by atoms with Crippen LogP contribution in [0.15, 0.2) is 35.2 Å². The number of hydrogen-bond acceptors (Lipinski definition) is 3. The van der Waals surface area contributed by atoms with Crippen LogP contribution in [0.3, 0.4) is 0 Å². The average Bonchev–Trinajstić information content (AvgIpc) is 2.36. The number of hydrogen-bond donors (Lipinski definition) is 2. The van der Waals surface area contributed by atoms with E-state index in [1.54, 1.807) is 18.8 Å². The number of likely N-dealkylation sites (N-methyl/N-ethyl adjacent to an activating group) is 1. The molecule has 1 aromatic rings. The molecule has 0 saturated carbocycles. The number of carbonyl (C=O) groups is 1. The van der Waals surface area contributed by atoms with Crippen molar-refractivity contribution in [3.05, 3.63) is 30.3 Å². The molecular weight excluding hydrogens is 268 g/mol. The van der Waals surface area contributed by atoms with Crippen LogP contribution in [0.5, 0.6) is 0 Å². The molecule has 0 aliphatic heterocycles. The lowest BCUT2D eigenvalue weighted by atomic mass is 10.2. The Labute approximate surface area is 120 Å². The molecule has 0 heterocycles. The van der Waals surface area contributed by atoms with Crippen LogP contribution in [-0.2, 0) is 4.79 Å². The van der Waals surface area contributed by atoms with Gasteiger partial charge < -0.3 is 10.6 Å². The molecule has 5 heteroatoms. The molecule has 18 heavy (non-hydrogen) atoms. The number of rotatable bonds is 7. The number of benzene rings is 1. The molecule has 1 rings (SSSR count). The second kappa shape index (κ2) is 10.2. The lowest BCUT2D eigenvalue weighted by Gasteiger charge is -2.16. The molecule has 2 N–H and O–H groups in total. The van der Waals surface area contributed by atoms with Gasteiger partial charge in [-0.2, -0.15) is 0 Å². The third kappa shape index (κ3) is 6.89. The van der Waals surface area contributed by atoms with Gasteiger partial charge in [-0.05, 0) is 25.6 Å². The van der Waals surface area contributed by atoms with Gasteiger partial charge in [0.05, 0.1) is 6.54 Å². The first-order valence-electron chi connectivity index (χ1n) is 5.88. The predicted octanol–water partition coefficient (Wildman–Crippen LogP) is 2.31. The Morgan fingerprint density at radius 1 is 1.33 bits per heavy atom. The van der Waals surface area contributed by atoms with E-state index in [-0.39, 0.29) is 24.4 Å². The number of thioether (sulfide) groups is 1. The first-order chi connectivity index (χ1) is 8.26. The van der Waals surface area contributed by atoms with E-state index in [9.17, 15) is 4.79 Å². The number of nitrogens with one attached hydrogen (secondary N) is 2. The van der Waals surface area contributed by atoms with Gasteiger partial charge in [0.1, 0.15) is 0 Å². The molecule has 1 aromatic carbocycles. The maximum absolute atomic E-state index is 11.4. The van der Waals surface area contributed by atoms with Crippen LogP contribution >= 0.6 is 24.2 Å². The van der Waals surface area contributed by atoms with Crippen molar-refractivity contribution in [1.82, 2.24) is 10.6 Å². The molecule has 0 radical (unpaired) electrons. The van der Waals surface area contributed by atoms with Crippen molar-refractivity contribution in [1.29, 1.82) is 0 Å². The van der Waals surface area contributed by atoms with E-state index >= 15 is 0 Å². The normalized spacial score (nSPS) is 11.4. The lowest BCUT2D eigenvalue weighted by Crippen LogP contribution is -2.40. The Kier molecular flexibility index (Phi) is 9.83. The molecule has 1 unspecified atom stereocenters. The van der Waals surface area contributed by atoms with Gasteiger partial charge in [0, 0.05) is 16.7 Å². The van der Waals surface area contributed by atoms with Gasteiger partial charge in [-0.3, -0.25) is 4.79 Å². The van der Waals surface area contributed by atoms with E-state index < -0.39 is 0 Å². The zero-order valence-electron chi connectivity index (χ0n) is 10.8. The van der Waals surface area contributed by atoms with Crippen LogP contribution < -0.4 is 10.6 Å². The summed E-state index contributed by atoms with van der Waals surface area (Å²) in [6.45, 7) is 2.47. The van der Waals surface area contributed by atoms with Crippen LogP contribution in [0.2, 0.25) is 0 Å². The summed E-state index contributed by atoms with van der Waals surface area (Å²) in [5.74, 6) is 0.976. The Morgan fingerprint density at radius 3 is 2.56 bits per heavy atom. The second-order valence-electron chi connectivity index (χ2n) is 3.83. The standard InChI is InChI=1S/C13H20N2OS.ClH/c1-3-11(15-13(16)9-14-2)10-17-12-7-5-4-6-8-12;/h4-8,11,14H,3,9-10H2,1-2H3,(H,15,16);1H. The fourth-order valence-corrected chi connectivity index (χ4v) is 2.48. The quantitative estimate of drug-likeness (QED) is 0.757. The van der Waals surface area contributed by atoms with Gasteiger partial charge in [-0.15, -0.1) is 24.2 Å². The largest absolute Gasteiger partial charge is 0.351 e. The minimum absolute atomic E-state index is 0. The van der Waals surface area contributed by atoms with E-state index in [4.69, 9.17) is 0 Å². The summed E-state index contributed by atoms with van der Waals surface area (Å²) in [4.78, 5) is 12.7. The maximum Gasteiger partial charge on any atom is 0.234 e. The Hall–Kier alpha value is -0.710. The van der Waals surface area contributed by atoms with E-state index in [2.05, 4.69) is 29.7 Å². The van der Waals surface area contributed by atoms with Crippen LogP contribution in [0.25, 0.3) is 0 Å². The summed E-state index contributed by atoms with van der Waals surface area (Å²) in [7, 11) is 1.78. The molecule has 1 amide bonds. The van der Waals surface area contributed by atoms with Gasteiger partial charge in [0.25, 0.3) is 0 Å². The van der Waals surface area contributed by atoms with E-state index in [1.807, 2.05) is 18.2 Å². The SMILES string of the molecule is CCC(CSc1ccccc1)NC(=O)CNC.Cl. The summed E-state index contributed by atoms with van der Waals surface area (Å²) in [5.41, 5.74) is 0. The zero-order chi connectivity index (χ0) is 12.5. The molecule has 0 bridgehead atoms. The van der Waals surface area contributed by atoms with Crippen molar-refractivity contribution in [3.63, 3.8) is 0 Å². The van der Waals surface area contributed by atoms with Gasteiger partial charge in [0.15, 0.2) is 0 Å². The molecule has 0 aliphatic carbocycles. The first kappa shape index (κ1) is 17.3. The van der Waals surface area contributed by atoms with Gasteiger partial charge in [-0.25, -0.2) is 0 Å². The predicted molar refractivity (Wildman–Crippen MR) is 80.6 cm³/mol. The van der Waals surface area contributed by atoms with E-state index in [0.717, 1.165) is 12.2 Å². The van der Waals surface area contributed by atoms with Crippen molar-refractivity contribution in [2.24, 2.45) is 0 Å². The Bertz CT molecular complexity index is 335. The van der Waals surface area contributed by atoms with Crippen molar-refractivity contribution in [3.8, 4) is 0 Å². The summed E-state index contributed by atoms with van der Waals surface area (Å²) in [5, 5.41) is 5.87. The molecule has 3 nitrogen and oxygen atoms in total. The third-order valence-corrected chi connectivity index (χ3v) is 3.56. The highest BCUT2D eigenvalue weighted by atomic mass is 35.5. The fourth-order valence-electron chi connectivity index (χ4n) is 1.41. The number of amides is 1. The van der Waals surface area contributed by atoms with Crippen molar-refractivity contribution in [2.75, 3.05) is 19.3 Å². The third-order valence-electron chi connectivity index (χ3n) is 2.39. The van der Waals surface area contributed by atoms with Gasteiger partial charge >= 0.3 is 0 Å². The van der Waals surface area contributed by atoms with Crippen molar-refractivity contribution >= 4 is 30.1 Å². The molecule has 0 aliphatic rings. The van der Waals surface area contributed by atoms with Crippen LogP contribution in [0, 0.1) is 0 Å². The highest BCUT2D eigenvalue weighted by molar-refractivity contribution is 7.99. The molecule has 0 spiro atoms. The topological polar surface area (TPSA) is 41.1 Å². The van der Waals surface area contributed by atoms with Crippen molar-refractivity contribution < 1.29 is 4.79 Å². The summed E-state index contributed by atoms with van der Waals surface area (Å²) >= 11 is 1.78. The van der Waals surface area contributed by atoms with Crippen molar-refractivity contribution in [2.45, 2.75) is 24.3 Å². The molecule has 102 valence electrons. The Balaban J connectivity index is 0.00000289. The van der Waals surface area contributed by atoms with Gasteiger partial charge in [0.2, 0.25) is 5.91 Å². The highest BCUT2D eigenvalue weighted by Gasteiger charge is 2.09. The van der Waals surface area contributed by atoms with Gasteiger partial charge in [-0.1, -0.05) is 25.1 Å². The van der Waals surface area contributed by atoms with E-state index in [0.29, 0.717) is 6.54 Å². The monoisotopic (exact) mass is 288 g/mol. The molecule has 0 aromatic heterocycles. The van der Waals surface area contributed by atoms with Crippen LogP contribution in [0.4, 0.5) is 0 Å². The molecule has 1 atom stereocenters. The molecular formula is C13H21ClN2OS.